The maximum absolute atomic E-state index is 13.1. The summed E-state index contributed by atoms with van der Waals surface area (Å²) in [6, 6.07) is 4.63. The average Bonchev–Trinajstić information content (AvgIpc) is 2.91. The molecule has 0 aliphatic carbocycles. The van der Waals surface area contributed by atoms with Crippen LogP contribution in [0.25, 0.3) is 11.4 Å². The molecule has 3 rings (SSSR count). The maximum Gasteiger partial charge on any atom is 0.245 e. The van der Waals surface area contributed by atoms with Gasteiger partial charge in [0.15, 0.2) is 5.82 Å². The molecule has 0 radical (unpaired) electrons. The second-order valence-corrected chi connectivity index (χ2v) is 6.34. The molecule has 2 heterocycles. The Bertz CT molecular complexity index is 644. The van der Waals surface area contributed by atoms with Crippen molar-refractivity contribution in [3.05, 3.63) is 28.5 Å². The van der Waals surface area contributed by atoms with Crippen LogP contribution in [0.2, 0.25) is 0 Å². The van der Waals surface area contributed by atoms with E-state index in [1.165, 1.54) is 12.1 Å². The Hall–Kier alpha value is -1.47. The van der Waals surface area contributed by atoms with Crippen molar-refractivity contribution in [3.8, 4) is 11.4 Å². The van der Waals surface area contributed by atoms with Gasteiger partial charge in [-0.05, 0) is 46.5 Å². The second kappa shape index (κ2) is 5.73. The van der Waals surface area contributed by atoms with Gasteiger partial charge in [-0.1, -0.05) is 6.92 Å². The van der Waals surface area contributed by atoms with Crippen LogP contribution in [-0.4, -0.2) is 34.3 Å². The number of anilines is 1. The molecule has 1 aliphatic heterocycles. The second-order valence-electron chi connectivity index (χ2n) is 5.48. The van der Waals surface area contributed by atoms with Gasteiger partial charge in [-0.2, -0.15) is 4.98 Å². The van der Waals surface area contributed by atoms with Gasteiger partial charge in [0, 0.05) is 29.2 Å². The third kappa shape index (κ3) is 2.94. The van der Waals surface area contributed by atoms with Crippen molar-refractivity contribution >= 4 is 21.9 Å². The number of nitrogens with zero attached hydrogens (tertiary/aromatic N) is 3. The molecule has 1 fully saturated rings. The highest BCUT2D eigenvalue weighted by Crippen LogP contribution is 2.28. The molecule has 7 heteroatoms. The van der Waals surface area contributed by atoms with Crippen LogP contribution in [0, 0.1) is 11.7 Å². The fourth-order valence-corrected chi connectivity index (χ4v) is 3.02. The molecule has 2 atom stereocenters. The third-order valence-corrected chi connectivity index (χ3v) is 4.62. The molecule has 1 saturated heterocycles. The van der Waals surface area contributed by atoms with Gasteiger partial charge < -0.3 is 10.6 Å². The Balaban J connectivity index is 1.83. The van der Waals surface area contributed by atoms with Gasteiger partial charge in [0.05, 0.1) is 0 Å². The van der Waals surface area contributed by atoms with Gasteiger partial charge in [-0.25, -0.2) is 4.39 Å². The van der Waals surface area contributed by atoms with E-state index in [0.29, 0.717) is 22.2 Å². The maximum atomic E-state index is 13.1. The number of hydrogen-bond donors (Lipinski definition) is 2. The molecule has 112 valence electrons. The number of nitrogens with two attached hydrogens (primary N) is 1. The minimum absolute atomic E-state index is 0.137. The smallest absolute Gasteiger partial charge is 0.245 e. The molecule has 2 aromatic rings. The van der Waals surface area contributed by atoms with E-state index in [-0.39, 0.29) is 11.9 Å². The first-order valence-corrected chi connectivity index (χ1v) is 7.72. The van der Waals surface area contributed by atoms with Crippen LogP contribution in [-0.2, 0) is 0 Å². The first kappa shape index (κ1) is 14.5. The van der Waals surface area contributed by atoms with E-state index >= 15 is 0 Å². The molecular formula is C14H17BrFN5. The number of aromatic amines is 1. The number of H-pyrrole nitrogens is 1. The van der Waals surface area contributed by atoms with Gasteiger partial charge in [0.25, 0.3) is 0 Å². The van der Waals surface area contributed by atoms with Gasteiger partial charge in [0.1, 0.15) is 5.82 Å². The van der Waals surface area contributed by atoms with Crippen LogP contribution in [0.5, 0.6) is 0 Å². The van der Waals surface area contributed by atoms with Crippen molar-refractivity contribution < 1.29 is 4.39 Å². The van der Waals surface area contributed by atoms with E-state index in [2.05, 4.69) is 42.9 Å². The molecule has 0 amide bonds. The Morgan fingerprint density at radius 3 is 3.00 bits per heavy atom. The lowest BCUT2D eigenvalue weighted by Gasteiger charge is -2.34. The number of benzene rings is 1. The lowest BCUT2D eigenvalue weighted by molar-refractivity contribution is 0.376. The van der Waals surface area contributed by atoms with E-state index in [1.807, 2.05) is 0 Å². The van der Waals surface area contributed by atoms with E-state index < -0.39 is 0 Å². The highest BCUT2D eigenvalue weighted by molar-refractivity contribution is 9.10. The van der Waals surface area contributed by atoms with Gasteiger partial charge in [0.2, 0.25) is 5.95 Å². The largest absolute Gasteiger partial charge is 0.338 e. The zero-order valence-electron chi connectivity index (χ0n) is 11.7. The lowest BCUT2D eigenvalue weighted by atomic mass is 9.95. The van der Waals surface area contributed by atoms with E-state index in [4.69, 9.17) is 5.73 Å². The lowest BCUT2D eigenvalue weighted by Crippen LogP contribution is -2.48. The van der Waals surface area contributed by atoms with E-state index in [9.17, 15) is 4.39 Å². The summed E-state index contributed by atoms with van der Waals surface area (Å²) in [6.45, 7) is 3.82. The summed E-state index contributed by atoms with van der Waals surface area (Å²) in [5.74, 6) is 1.49. The molecular weight excluding hydrogens is 337 g/mol. The van der Waals surface area contributed by atoms with Crippen molar-refractivity contribution in [1.82, 2.24) is 15.2 Å². The topological polar surface area (TPSA) is 70.8 Å². The summed E-state index contributed by atoms with van der Waals surface area (Å²) in [5.41, 5.74) is 6.89. The van der Waals surface area contributed by atoms with Crippen molar-refractivity contribution in [3.63, 3.8) is 0 Å². The predicted octanol–water partition coefficient (Wildman–Crippen LogP) is 2.55. The minimum atomic E-state index is -0.290. The standard InChI is InChI=1S/C14H17BrFN5/c1-8-4-5-21(7-12(8)17)14-18-13(19-20-14)10-3-2-9(16)6-11(10)15/h2-3,6,8,12H,4-5,7,17H2,1H3,(H,18,19,20). The molecule has 1 aromatic heterocycles. The molecule has 0 saturated carbocycles. The Labute approximate surface area is 130 Å². The highest BCUT2D eigenvalue weighted by Gasteiger charge is 2.25. The van der Waals surface area contributed by atoms with Crippen molar-refractivity contribution in [2.24, 2.45) is 11.7 Å². The minimum Gasteiger partial charge on any atom is -0.338 e. The number of halogens is 2. The van der Waals surface area contributed by atoms with Gasteiger partial charge in [-0.3, -0.25) is 5.10 Å². The number of aromatic nitrogens is 3. The van der Waals surface area contributed by atoms with Crippen molar-refractivity contribution in [2.75, 3.05) is 18.0 Å². The zero-order valence-corrected chi connectivity index (χ0v) is 13.3. The van der Waals surface area contributed by atoms with Crippen molar-refractivity contribution in [1.29, 1.82) is 0 Å². The van der Waals surface area contributed by atoms with Crippen LogP contribution in [0.1, 0.15) is 13.3 Å². The van der Waals surface area contributed by atoms with Crippen LogP contribution in [0.4, 0.5) is 10.3 Å². The first-order valence-electron chi connectivity index (χ1n) is 6.93. The monoisotopic (exact) mass is 353 g/mol. The fourth-order valence-electron chi connectivity index (χ4n) is 2.48. The summed E-state index contributed by atoms with van der Waals surface area (Å²) in [4.78, 5) is 6.59. The quantitative estimate of drug-likeness (QED) is 0.870. The Morgan fingerprint density at radius 1 is 1.48 bits per heavy atom. The van der Waals surface area contributed by atoms with E-state index in [0.717, 1.165) is 25.1 Å². The molecule has 0 bridgehead atoms. The summed E-state index contributed by atoms with van der Waals surface area (Å²) in [6.07, 6.45) is 1.03. The summed E-state index contributed by atoms with van der Waals surface area (Å²) >= 11 is 3.35. The summed E-state index contributed by atoms with van der Waals surface area (Å²) < 4.78 is 13.8. The molecule has 0 spiro atoms. The first-order chi connectivity index (χ1) is 10.0. The molecule has 21 heavy (non-hydrogen) atoms. The molecule has 1 aliphatic rings. The normalized spacial score (nSPS) is 22.6. The number of piperidine rings is 1. The van der Waals surface area contributed by atoms with Crippen LogP contribution in [0.3, 0.4) is 0 Å². The Morgan fingerprint density at radius 2 is 2.29 bits per heavy atom. The van der Waals surface area contributed by atoms with Crippen LogP contribution >= 0.6 is 15.9 Å². The van der Waals surface area contributed by atoms with Crippen LogP contribution in [0.15, 0.2) is 22.7 Å². The fraction of sp³-hybridized carbons (Fsp3) is 0.429. The summed E-state index contributed by atoms with van der Waals surface area (Å²) in [7, 11) is 0. The van der Waals surface area contributed by atoms with Gasteiger partial charge in [-0.15, -0.1) is 5.10 Å². The molecule has 2 unspecified atom stereocenters. The third-order valence-electron chi connectivity index (χ3n) is 3.96. The number of hydrogen-bond acceptors (Lipinski definition) is 4. The molecule has 1 aromatic carbocycles. The average molecular weight is 354 g/mol. The van der Waals surface area contributed by atoms with Gasteiger partial charge >= 0.3 is 0 Å². The zero-order chi connectivity index (χ0) is 15.0. The Kier molecular flexibility index (Phi) is 3.95. The highest BCUT2D eigenvalue weighted by atomic mass is 79.9. The molecule has 3 N–H and O–H groups in total. The molecule has 5 nitrogen and oxygen atoms in total. The predicted molar refractivity (Wildman–Crippen MR) is 83.4 cm³/mol. The number of nitrogens with one attached hydrogen (secondary N) is 1. The van der Waals surface area contributed by atoms with E-state index in [1.54, 1.807) is 6.07 Å². The van der Waals surface area contributed by atoms with Crippen LogP contribution < -0.4 is 10.6 Å². The SMILES string of the molecule is CC1CCN(c2n[nH]c(-c3ccc(F)cc3Br)n2)CC1N. The number of rotatable bonds is 2. The summed E-state index contributed by atoms with van der Waals surface area (Å²) in [5, 5.41) is 7.17. The van der Waals surface area contributed by atoms with Crippen molar-refractivity contribution in [2.45, 2.75) is 19.4 Å².